The molecule has 1 aliphatic carbocycles. The van der Waals surface area contributed by atoms with Crippen LogP contribution >= 0.6 is 11.6 Å². The van der Waals surface area contributed by atoms with Crippen LogP contribution in [0, 0.1) is 0 Å². The highest BCUT2D eigenvalue weighted by Crippen LogP contribution is 2.40. The fourth-order valence-corrected chi connectivity index (χ4v) is 3.38. The summed E-state index contributed by atoms with van der Waals surface area (Å²) in [7, 11) is 0. The number of rotatable bonds is 4. The van der Waals surface area contributed by atoms with Crippen LogP contribution in [-0.4, -0.2) is 16.9 Å². The summed E-state index contributed by atoms with van der Waals surface area (Å²) in [5.41, 5.74) is 3.68. The summed E-state index contributed by atoms with van der Waals surface area (Å²) in [6.07, 6.45) is 5.85. The Balaban J connectivity index is 1.74. The first-order valence-electron chi connectivity index (χ1n) is 8.61. The van der Waals surface area contributed by atoms with E-state index in [4.69, 9.17) is 11.6 Å². The minimum Gasteiger partial charge on any atom is -0.350 e. The van der Waals surface area contributed by atoms with Gasteiger partial charge in [-0.25, -0.2) is 0 Å². The number of amides is 1. The molecule has 0 spiro atoms. The number of carbonyl (C=O) groups excluding carboxylic acids is 1. The van der Waals surface area contributed by atoms with Gasteiger partial charge in [0.15, 0.2) is 0 Å². The molecule has 1 aromatic heterocycles. The van der Waals surface area contributed by atoms with Gasteiger partial charge < -0.3 is 10.3 Å². The van der Waals surface area contributed by atoms with Crippen LogP contribution in [0.25, 0.3) is 5.57 Å². The van der Waals surface area contributed by atoms with Crippen LogP contribution in [0.4, 0.5) is 0 Å². The lowest BCUT2D eigenvalue weighted by molar-refractivity contribution is -0.119. The number of pyridine rings is 1. The fraction of sp³-hybridized carbons (Fsp3) is 0.300. The number of hydrogen-bond acceptors (Lipinski definition) is 2. The predicted octanol–water partition coefficient (Wildman–Crippen LogP) is 3.62. The van der Waals surface area contributed by atoms with Gasteiger partial charge in [-0.3, -0.25) is 9.59 Å². The van der Waals surface area contributed by atoms with Gasteiger partial charge in [0.2, 0.25) is 5.91 Å². The highest BCUT2D eigenvalue weighted by Gasteiger charge is 2.24. The maximum atomic E-state index is 11.9. The topological polar surface area (TPSA) is 62.0 Å². The Labute approximate surface area is 150 Å². The summed E-state index contributed by atoms with van der Waals surface area (Å²) in [6, 6.07) is 11.9. The maximum Gasteiger partial charge on any atom is 0.267 e. The smallest absolute Gasteiger partial charge is 0.267 e. The lowest BCUT2D eigenvalue weighted by Crippen LogP contribution is -2.23. The zero-order valence-electron chi connectivity index (χ0n) is 13.7. The van der Waals surface area contributed by atoms with E-state index in [2.05, 4.69) is 34.6 Å². The number of benzene rings is 1. The predicted molar refractivity (Wildman–Crippen MR) is 98.7 cm³/mol. The van der Waals surface area contributed by atoms with Crippen molar-refractivity contribution in [2.24, 2.45) is 0 Å². The molecule has 4 nitrogen and oxygen atoms in total. The number of hydrogen-bond donors (Lipinski definition) is 2. The second-order valence-corrected chi connectivity index (χ2v) is 7.15. The van der Waals surface area contributed by atoms with Gasteiger partial charge in [0, 0.05) is 23.7 Å². The van der Waals surface area contributed by atoms with Crippen molar-refractivity contribution < 1.29 is 4.79 Å². The Morgan fingerprint density at radius 3 is 2.40 bits per heavy atom. The Kier molecular flexibility index (Phi) is 4.22. The highest BCUT2D eigenvalue weighted by molar-refractivity contribution is 6.30. The van der Waals surface area contributed by atoms with Gasteiger partial charge in [-0.05, 0) is 48.4 Å². The molecule has 0 unspecified atom stereocenters. The molecule has 1 aromatic carbocycles. The van der Waals surface area contributed by atoms with Crippen molar-refractivity contribution in [1.82, 2.24) is 10.3 Å². The standard InChI is InChI=1S/C20H19ClN2O2/c21-17-8-9-18(23-20(17)25)16(11-15-7-10-19(24)22-15)14-5-3-13(4-6-14)12-1-2-12/h3-6,8-9,11-12,15H,1-2,7,10H2,(H,22,24)(H,23,25)/t15-/m1/s1. The monoisotopic (exact) mass is 354 g/mol. The zero-order chi connectivity index (χ0) is 17.4. The summed E-state index contributed by atoms with van der Waals surface area (Å²) < 4.78 is 0. The SMILES string of the molecule is O=C1CC[C@H](C=C(c2ccc(C3CC3)cc2)c2ccc(Cl)c(=O)[nH]2)N1. The first kappa shape index (κ1) is 16.2. The first-order chi connectivity index (χ1) is 12.1. The van der Waals surface area contributed by atoms with Crippen LogP contribution in [0.1, 0.15) is 48.4 Å². The number of aromatic amines is 1. The molecular formula is C20H19ClN2O2. The van der Waals surface area contributed by atoms with Crippen molar-refractivity contribution in [3.8, 4) is 0 Å². The number of carbonyl (C=O) groups is 1. The van der Waals surface area contributed by atoms with Crippen molar-refractivity contribution in [1.29, 1.82) is 0 Å². The van der Waals surface area contributed by atoms with Gasteiger partial charge in [0.1, 0.15) is 5.02 Å². The van der Waals surface area contributed by atoms with E-state index in [0.717, 1.165) is 17.6 Å². The Bertz CT molecular complexity index is 895. The molecule has 2 aromatic rings. The molecule has 25 heavy (non-hydrogen) atoms. The van der Waals surface area contributed by atoms with E-state index in [1.54, 1.807) is 12.1 Å². The maximum absolute atomic E-state index is 11.9. The van der Waals surface area contributed by atoms with Gasteiger partial charge in [0.05, 0.1) is 0 Å². The van der Waals surface area contributed by atoms with Crippen LogP contribution < -0.4 is 10.9 Å². The molecule has 0 radical (unpaired) electrons. The molecular weight excluding hydrogens is 336 g/mol. The average Bonchev–Trinajstić information content (AvgIpc) is 3.38. The average molecular weight is 355 g/mol. The molecule has 1 atom stereocenters. The fourth-order valence-electron chi connectivity index (χ4n) is 3.27. The second-order valence-electron chi connectivity index (χ2n) is 6.74. The number of aromatic nitrogens is 1. The van der Waals surface area contributed by atoms with Gasteiger partial charge in [-0.2, -0.15) is 0 Å². The third kappa shape index (κ3) is 3.54. The van der Waals surface area contributed by atoms with Gasteiger partial charge in [0.25, 0.3) is 5.56 Å². The molecule has 2 aliphatic rings. The van der Waals surface area contributed by atoms with E-state index in [1.807, 2.05) is 6.08 Å². The second kappa shape index (κ2) is 6.52. The minimum absolute atomic E-state index is 0.0233. The number of H-pyrrole nitrogens is 1. The van der Waals surface area contributed by atoms with Gasteiger partial charge in [-0.15, -0.1) is 0 Å². The van der Waals surface area contributed by atoms with Crippen LogP contribution in [0.2, 0.25) is 5.02 Å². The van der Waals surface area contributed by atoms with Crippen molar-refractivity contribution in [3.63, 3.8) is 0 Å². The van der Waals surface area contributed by atoms with Crippen LogP contribution in [0.15, 0.2) is 47.3 Å². The quantitative estimate of drug-likeness (QED) is 0.881. The molecule has 128 valence electrons. The zero-order valence-corrected chi connectivity index (χ0v) is 14.5. The normalized spacial score (nSPS) is 20.6. The summed E-state index contributed by atoms with van der Waals surface area (Å²) in [4.78, 5) is 26.3. The summed E-state index contributed by atoms with van der Waals surface area (Å²) in [5.74, 6) is 0.764. The molecule has 2 fully saturated rings. The van der Waals surface area contributed by atoms with Gasteiger partial charge >= 0.3 is 0 Å². The van der Waals surface area contributed by atoms with Crippen molar-refractivity contribution in [3.05, 3.63) is 74.7 Å². The first-order valence-corrected chi connectivity index (χ1v) is 8.98. The third-order valence-corrected chi connectivity index (χ3v) is 5.12. The van der Waals surface area contributed by atoms with E-state index in [0.29, 0.717) is 18.0 Å². The molecule has 2 heterocycles. The van der Waals surface area contributed by atoms with Crippen molar-refractivity contribution in [2.75, 3.05) is 0 Å². The van der Waals surface area contributed by atoms with E-state index in [1.165, 1.54) is 18.4 Å². The van der Waals surface area contributed by atoms with E-state index in [-0.39, 0.29) is 22.5 Å². The van der Waals surface area contributed by atoms with E-state index >= 15 is 0 Å². The van der Waals surface area contributed by atoms with Crippen molar-refractivity contribution >= 4 is 23.1 Å². The van der Waals surface area contributed by atoms with E-state index in [9.17, 15) is 9.59 Å². The summed E-state index contributed by atoms with van der Waals surface area (Å²) >= 11 is 5.86. The lowest BCUT2D eigenvalue weighted by Gasteiger charge is -2.13. The lowest BCUT2D eigenvalue weighted by atomic mass is 9.97. The van der Waals surface area contributed by atoms with Crippen LogP contribution in [0.5, 0.6) is 0 Å². The van der Waals surface area contributed by atoms with E-state index < -0.39 is 0 Å². The number of halogens is 1. The molecule has 1 amide bonds. The summed E-state index contributed by atoms with van der Waals surface area (Å²) in [5, 5.41) is 3.12. The molecule has 4 rings (SSSR count). The van der Waals surface area contributed by atoms with Crippen LogP contribution in [0.3, 0.4) is 0 Å². The minimum atomic E-state index is -0.310. The highest BCUT2D eigenvalue weighted by atomic mass is 35.5. The van der Waals surface area contributed by atoms with Crippen LogP contribution in [-0.2, 0) is 4.79 Å². The third-order valence-electron chi connectivity index (χ3n) is 4.82. The molecule has 1 saturated heterocycles. The molecule has 2 N–H and O–H groups in total. The van der Waals surface area contributed by atoms with Crippen molar-refractivity contribution in [2.45, 2.75) is 37.6 Å². The molecule has 1 saturated carbocycles. The molecule has 5 heteroatoms. The van der Waals surface area contributed by atoms with Gasteiger partial charge in [-0.1, -0.05) is 41.9 Å². The Morgan fingerprint density at radius 2 is 1.80 bits per heavy atom. The molecule has 0 bridgehead atoms. The number of nitrogens with one attached hydrogen (secondary N) is 2. The summed E-state index contributed by atoms with van der Waals surface area (Å²) in [6.45, 7) is 0. The Morgan fingerprint density at radius 1 is 1.04 bits per heavy atom. The Hall–Kier alpha value is -2.33. The molecule has 1 aliphatic heterocycles. The largest absolute Gasteiger partial charge is 0.350 e.